The molecule has 0 aliphatic carbocycles. The fourth-order valence-corrected chi connectivity index (χ4v) is 1.78. The molecule has 5 nitrogen and oxygen atoms in total. The molecule has 2 unspecified atom stereocenters. The summed E-state index contributed by atoms with van der Waals surface area (Å²) in [6.45, 7) is 1.89. The minimum absolute atomic E-state index is 0.228. The number of carbonyl (C=O) groups excluding carboxylic acids is 1. The molecule has 0 saturated carbocycles. The molecule has 0 amide bonds. The number of hydrogen-bond donors (Lipinski definition) is 3. The third kappa shape index (κ3) is 4.18. The van der Waals surface area contributed by atoms with Gasteiger partial charge in [0.05, 0.1) is 19.1 Å². The molecule has 1 aromatic carbocycles. The van der Waals surface area contributed by atoms with E-state index < -0.39 is 18.2 Å². The van der Waals surface area contributed by atoms with E-state index in [1.54, 1.807) is 6.92 Å². The third-order valence-corrected chi connectivity index (χ3v) is 2.55. The zero-order valence-corrected chi connectivity index (χ0v) is 10.7. The quantitative estimate of drug-likeness (QED) is 0.555. The molecule has 0 spiro atoms. The first-order valence-corrected chi connectivity index (χ1v) is 5.89. The Kier molecular flexibility index (Phi) is 5.40. The van der Waals surface area contributed by atoms with E-state index >= 15 is 0 Å². The summed E-state index contributed by atoms with van der Waals surface area (Å²) in [5.74, 6) is -0.570. The minimum Gasteiger partial charge on any atom is -0.466 e. The van der Waals surface area contributed by atoms with Gasteiger partial charge in [-0.1, -0.05) is 11.6 Å². The minimum atomic E-state index is -1.26. The fraction of sp³-hybridized carbons (Fsp3) is 0.417. The molecule has 0 aliphatic heterocycles. The largest absolute Gasteiger partial charge is 0.466 e. The SMILES string of the molecule is CCOC(=O)CC(O)C(O)c1cc(N)cc(Cl)c1. The highest BCUT2D eigenvalue weighted by Crippen LogP contribution is 2.25. The summed E-state index contributed by atoms with van der Waals surface area (Å²) in [4.78, 5) is 11.2. The Morgan fingerprint density at radius 2 is 2.11 bits per heavy atom. The van der Waals surface area contributed by atoms with Gasteiger partial charge < -0.3 is 20.7 Å². The van der Waals surface area contributed by atoms with Crippen molar-refractivity contribution in [2.75, 3.05) is 12.3 Å². The van der Waals surface area contributed by atoms with Gasteiger partial charge in [0.2, 0.25) is 0 Å². The zero-order valence-electron chi connectivity index (χ0n) is 9.97. The van der Waals surface area contributed by atoms with Crippen molar-refractivity contribution in [1.82, 2.24) is 0 Å². The summed E-state index contributed by atoms with van der Waals surface area (Å²) in [6.07, 6.45) is -2.79. The Morgan fingerprint density at radius 1 is 1.44 bits per heavy atom. The summed E-state index contributed by atoms with van der Waals surface area (Å²) in [7, 11) is 0. The number of aliphatic hydroxyl groups is 2. The first-order valence-electron chi connectivity index (χ1n) is 5.51. The number of carbonyl (C=O) groups is 1. The highest BCUT2D eigenvalue weighted by molar-refractivity contribution is 6.30. The van der Waals surface area contributed by atoms with Crippen LogP contribution in [0.1, 0.15) is 25.0 Å². The number of halogens is 1. The van der Waals surface area contributed by atoms with Crippen molar-refractivity contribution >= 4 is 23.3 Å². The number of anilines is 1. The molecule has 0 heterocycles. The summed E-state index contributed by atoms with van der Waals surface area (Å²) in [5.41, 5.74) is 6.31. The molecule has 0 fully saturated rings. The summed E-state index contributed by atoms with van der Waals surface area (Å²) in [6, 6.07) is 4.50. The fourth-order valence-electron chi connectivity index (χ4n) is 1.53. The van der Waals surface area contributed by atoms with Gasteiger partial charge >= 0.3 is 5.97 Å². The lowest BCUT2D eigenvalue weighted by Gasteiger charge is -2.18. The van der Waals surface area contributed by atoms with Gasteiger partial charge in [-0.15, -0.1) is 0 Å². The Labute approximate surface area is 110 Å². The molecule has 0 saturated heterocycles. The van der Waals surface area contributed by atoms with Crippen molar-refractivity contribution in [1.29, 1.82) is 0 Å². The summed E-state index contributed by atoms with van der Waals surface area (Å²) < 4.78 is 4.69. The maximum Gasteiger partial charge on any atom is 0.308 e. The molecule has 6 heteroatoms. The highest BCUT2D eigenvalue weighted by atomic mass is 35.5. The number of hydrogen-bond acceptors (Lipinski definition) is 5. The van der Waals surface area contributed by atoms with Crippen molar-refractivity contribution in [2.45, 2.75) is 25.6 Å². The van der Waals surface area contributed by atoms with Gasteiger partial charge in [-0.05, 0) is 30.7 Å². The van der Waals surface area contributed by atoms with E-state index in [2.05, 4.69) is 4.74 Å². The van der Waals surface area contributed by atoms with Crippen LogP contribution >= 0.6 is 11.6 Å². The second kappa shape index (κ2) is 6.58. The lowest BCUT2D eigenvalue weighted by atomic mass is 10.0. The van der Waals surface area contributed by atoms with Gasteiger partial charge in [-0.3, -0.25) is 4.79 Å². The molecule has 1 aromatic rings. The molecule has 0 aliphatic rings. The number of nitrogen functional groups attached to an aromatic ring is 1. The van der Waals surface area contributed by atoms with Crippen LogP contribution in [-0.4, -0.2) is 28.9 Å². The lowest BCUT2D eigenvalue weighted by molar-refractivity contribution is -0.147. The molecular formula is C12H16ClNO4. The third-order valence-electron chi connectivity index (χ3n) is 2.33. The van der Waals surface area contributed by atoms with Gasteiger partial charge in [0.15, 0.2) is 0 Å². The first kappa shape index (κ1) is 14.8. The van der Waals surface area contributed by atoms with Crippen LogP contribution in [0.4, 0.5) is 5.69 Å². The van der Waals surface area contributed by atoms with E-state index in [1.165, 1.54) is 18.2 Å². The monoisotopic (exact) mass is 273 g/mol. The average molecular weight is 274 g/mol. The van der Waals surface area contributed by atoms with Gasteiger partial charge in [-0.25, -0.2) is 0 Å². The van der Waals surface area contributed by atoms with Crippen LogP contribution in [0.5, 0.6) is 0 Å². The lowest BCUT2D eigenvalue weighted by Crippen LogP contribution is -2.23. The summed E-state index contributed by atoms with van der Waals surface area (Å²) in [5, 5.41) is 20.0. The van der Waals surface area contributed by atoms with E-state index in [0.29, 0.717) is 16.3 Å². The smallest absolute Gasteiger partial charge is 0.308 e. The van der Waals surface area contributed by atoms with E-state index in [1.807, 2.05) is 0 Å². The first-order chi connectivity index (χ1) is 8.43. The van der Waals surface area contributed by atoms with Gasteiger partial charge in [0, 0.05) is 10.7 Å². The predicted octanol–water partition coefficient (Wildman–Crippen LogP) is 1.27. The highest BCUT2D eigenvalue weighted by Gasteiger charge is 2.22. The molecule has 1 rings (SSSR count). The maximum atomic E-state index is 11.2. The van der Waals surface area contributed by atoms with E-state index in [9.17, 15) is 15.0 Å². The van der Waals surface area contributed by atoms with Crippen molar-refractivity contribution in [3.63, 3.8) is 0 Å². The molecule has 18 heavy (non-hydrogen) atoms. The number of nitrogens with two attached hydrogens (primary N) is 1. The number of aliphatic hydroxyl groups excluding tert-OH is 2. The Balaban J connectivity index is 2.73. The van der Waals surface area contributed by atoms with Crippen molar-refractivity contribution in [3.8, 4) is 0 Å². The van der Waals surface area contributed by atoms with Crippen LogP contribution < -0.4 is 5.73 Å². The van der Waals surface area contributed by atoms with Crippen LogP contribution in [0.2, 0.25) is 5.02 Å². The standard InChI is InChI=1S/C12H16ClNO4/c1-2-18-11(16)6-10(15)12(17)7-3-8(13)5-9(14)4-7/h3-5,10,12,15,17H,2,6,14H2,1H3. The Bertz CT molecular complexity index is 404. The van der Waals surface area contributed by atoms with Crippen LogP contribution in [0, 0.1) is 0 Å². The molecule has 0 aromatic heterocycles. The van der Waals surface area contributed by atoms with Gasteiger partial charge in [0.25, 0.3) is 0 Å². The van der Waals surface area contributed by atoms with Crippen molar-refractivity contribution < 1.29 is 19.7 Å². The van der Waals surface area contributed by atoms with Crippen LogP contribution in [0.15, 0.2) is 18.2 Å². The van der Waals surface area contributed by atoms with Crippen molar-refractivity contribution in [3.05, 3.63) is 28.8 Å². The molecule has 0 radical (unpaired) electrons. The second-order valence-corrected chi connectivity index (χ2v) is 4.28. The number of esters is 1. The predicted molar refractivity (Wildman–Crippen MR) is 68.1 cm³/mol. The molecule has 100 valence electrons. The molecule has 2 atom stereocenters. The summed E-state index contributed by atoms with van der Waals surface area (Å²) >= 11 is 5.79. The second-order valence-electron chi connectivity index (χ2n) is 3.84. The van der Waals surface area contributed by atoms with Gasteiger partial charge in [-0.2, -0.15) is 0 Å². The number of benzene rings is 1. The molecule has 4 N–H and O–H groups in total. The Hall–Kier alpha value is -1.30. The van der Waals surface area contributed by atoms with Crippen LogP contribution in [0.25, 0.3) is 0 Å². The maximum absolute atomic E-state index is 11.2. The molecular weight excluding hydrogens is 258 g/mol. The zero-order chi connectivity index (χ0) is 13.7. The van der Waals surface area contributed by atoms with Crippen molar-refractivity contribution in [2.24, 2.45) is 0 Å². The van der Waals surface area contributed by atoms with E-state index in [0.717, 1.165) is 0 Å². The van der Waals surface area contributed by atoms with Crippen LogP contribution in [-0.2, 0) is 9.53 Å². The Morgan fingerprint density at radius 3 is 2.67 bits per heavy atom. The number of ether oxygens (including phenoxy) is 1. The van der Waals surface area contributed by atoms with Crippen LogP contribution in [0.3, 0.4) is 0 Å². The van der Waals surface area contributed by atoms with E-state index in [-0.39, 0.29) is 13.0 Å². The molecule has 0 bridgehead atoms. The topological polar surface area (TPSA) is 92.8 Å². The normalized spacial score (nSPS) is 14.0. The average Bonchev–Trinajstić information content (AvgIpc) is 2.26. The van der Waals surface area contributed by atoms with Gasteiger partial charge in [0.1, 0.15) is 6.10 Å². The van der Waals surface area contributed by atoms with E-state index in [4.69, 9.17) is 17.3 Å². The number of rotatable bonds is 5.